The molecule has 1 aliphatic rings. The smallest absolute Gasteiger partial charge is 0.123 e. The van der Waals surface area contributed by atoms with Crippen LogP contribution in [0.15, 0.2) is 24.3 Å². The third-order valence-electron chi connectivity index (χ3n) is 4.13. The van der Waals surface area contributed by atoms with Crippen molar-refractivity contribution in [2.24, 2.45) is 5.73 Å². The molecule has 0 atom stereocenters. The zero-order valence-corrected chi connectivity index (χ0v) is 11.8. The maximum absolute atomic E-state index is 12.9. The first-order valence-corrected chi connectivity index (χ1v) is 7.02. The quantitative estimate of drug-likeness (QED) is 0.878. The molecule has 19 heavy (non-hydrogen) atoms. The van der Waals surface area contributed by atoms with Gasteiger partial charge in [0, 0.05) is 31.4 Å². The van der Waals surface area contributed by atoms with Crippen LogP contribution in [0.1, 0.15) is 26.7 Å². The maximum atomic E-state index is 12.9. The Labute approximate surface area is 115 Å². The summed E-state index contributed by atoms with van der Waals surface area (Å²) in [5, 5.41) is 3.51. The van der Waals surface area contributed by atoms with Gasteiger partial charge in [0.25, 0.3) is 0 Å². The molecule has 4 heteroatoms. The summed E-state index contributed by atoms with van der Waals surface area (Å²) in [6, 6.07) is 7.11. The van der Waals surface area contributed by atoms with Crippen LogP contribution in [0.4, 0.5) is 10.1 Å². The molecule has 0 radical (unpaired) electrons. The van der Waals surface area contributed by atoms with E-state index in [0.29, 0.717) is 12.6 Å². The van der Waals surface area contributed by atoms with Gasteiger partial charge in [-0.1, -0.05) is 0 Å². The highest BCUT2D eigenvalue weighted by Gasteiger charge is 2.33. The number of hydrogen-bond acceptors (Lipinski definition) is 3. The van der Waals surface area contributed by atoms with Crippen molar-refractivity contribution in [2.45, 2.75) is 38.3 Å². The topological polar surface area (TPSA) is 41.3 Å². The number of piperidine rings is 1. The van der Waals surface area contributed by atoms with E-state index in [4.69, 9.17) is 5.73 Å². The van der Waals surface area contributed by atoms with Crippen molar-refractivity contribution in [1.82, 2.24) is 4.90 Å². The lowest BCUT2D eigenvalue weighted by Gasteiger charge is -2.43. The van der Waals surface area contributed by atoms with E-state index in [2.05, 4.69) is 24.1 Å². The number of nitrogens with one attached hydrogen (secondary N) is 1. The highest BCUT2D eigenvalue weighted by atomic mass is 19.1. The number of nitrogens with zero attached hydrogens (tertiary/aromatic N) is 1. The van der Waals surface area contributed by atoms with E-state index in [1.54, 1.807) is 12.1 Å². The molecule has 3 N–H and O–H groups in total. The molecule has 0 unspecified atom stereocenters. The molecular weight excluding hydrogens is 241 g/mol. The van der Waals surface area contributed by atoms with Crippen molar-refractivity contribution in [1.29, 1.82) is 0 Å². The number of benzene rings is 1. The Morgan fingerprint density at radius 1 is 1.26 bits per heavy atom. The van der Waals surface area contributed by atoms with Gasteiger partial charge < -0.3 is 16.0 Å². The van der Waals surface area contributed by atoms with Crippen molar-refractivity contribution >= 4 is 5.69 Å². The monoisotopic (exact) mass is 265 g/mol. The van der Waals surface area contributed by atoms with Gasteiger partial charge >= 0.3 is 0 Å². The fourth-order valence-electron chi connectivity index (χ4n) is 2.69. The third kappa shape index (κ3) is 3.45. The molecule has 1 aromatic rings. The van der Waals surface area contributed by atoms with Crippen LogP contribution in [0, 0.1) is 5.82 Å². The highest BCUT2D eigenvalue weighted by Crippen LogP contribution is 2.27. The molecule has 106 valence electrons. The van der Waals surface area contributed by atoms with Crippen LogP contribution in [0.3, 0.4) is 0 Å². The van der Waals surface area contributed by atoms with Gasteiger partial charge in [-0.25, -0.2) is 4.39 Å². The van der Waals surface area contributed by atoms with Crippen LogP contribution in [-0.4, -0.2) is 36.1 Å². The lowest BCUT2D eigenvalue weighted by molar-refractivity contribution is 0.144. The van der Waals surface area contributed by atoms with Crippen LogP contribution < -0.4 is 11.1 Å². The number of likely N-dealkylation sites (tertiary alicyclic amines) is 1. The molecule has 1 aromatic carbocycles. The predicted octanol–water partition coefficient (Wildman–Crippen LogP) is 2.44. The average Bonchev–Trinajstić information content (AvgIpc) is 2.42. The van der Waals surface area contributed by atoms with Crippen LogP contribution in [-0.2, 0) is 0 Å². The van der Waals surface area contributed by atoms with Gasteiger partial charge in [0.1, 0.15) is 5.82 Å². The fraction of sp³-hybridized carbons (Fsp3) is 0.600. The Hall–Kier alpha value is -1.13. The van der Waals surface area contributed by atoms with Crippen molar-refractivity contribution in [3.8, 4) is 0 Å². The summed E-state index contributed by atoms with van der Waals surface area (Å²) in [7, 11) is 0. The van der Waals surface area contributed by atoms with Crippen LogP contribution >= 0.6 is 0 Å². The van der Waals surface area contributed by atoms with Gasteiger partial charge in [0.2, 0.25) is 0 Å². The molecule has 0 amide bonds. The van der Waals surface area contributed by atoms with Crippen molar-refractivity contribution in [3.05, 3.63) is 30.1 Å². The lowest BCUT2D eigenvalue weighted by atomic mass is 9.86. The summed E-state index contributed by atoms with van der Waals surface area (Å²) >= 11 is 0. The normalized spacial score (nSPS) is 19.6. The standard InChI is InChI=1S/C15H24FN3/c1-12(2)19-9-7-15(11-17,8-10-19)18-14-5-3-13(16)4-6-14/h3-6,12,18H,7-11,17H2,1-2H3. The van der Waals surface area contributed by atoms with Crippen LogP contribution in [0.25, 0.3) is 0 Å². The SMILES string of the molecule is CC(C)N1CCC(CN)(Nc2ccc(F)cc2)CC1. The van der Waals surface area contributed by atoms with Gasteiger partial charge in [-0.3, -0.25) is 0 Å². The number of rotatable bonds is 4. The minimum Gasteiger partial charge on any atom is -0.378 e. The van der Waals surface area contributed by atoms with E-state index in [0.717, 1.165) is 31.6 Å². The Kier molecular flexibility index (Phi) is 4.42. The molecule has 3 nitrogen and oxygen atoms in total. The largest absolute Gasteiger partial charge is 0.378 e. The summed E-state index contributed by atoms with van der Waals surface area (Å²) in [5.74, 6) is -0.207. The minimum absolute atomic E-state index is 0.0524. The van der Waals surface area contributed by atoms with Gasteiger partial charge in [0.05, 0.1) is 5.54 Å². The van der Waals surface area contributed by atoms with Crippen molar-refractivity contribution < 1.29 is 4.39 Å². The molecule has 0 bridgehead atoms. The van der Waals surface area contributed by atoms with Crippen molar-refractivity contribution in [2.75, 3.05) is 25.0 Å². The Bertz CT molecular complexity index is 394. The van der Waals surface area contributed by atoms with E-state index in [1.807, 2.05) is 0 Å². The second kappa shape index (κ2) is 5.88. The van der Waals surface area contributed by atoms with E-state index < -0.39 is 0 Å². The summed E-state index contributed by atoms with van der Waals surface area (Å²) in [5.41, 5.74) is 6.88. The number of halogens is 1. The second-order valence-corrected chi connectivity index (χ2v) is 5.75. The number of nitrogens with two attached hydrogens (primary N) is 1. The zero-order chi connectivity index (χ0) is 13.9. The molecule has 2 rings (SSSR count). The van der Waals surface area contributed by atoms with E-state index in [1.165, 1.54) is 12.1 Å². The molecule has 1 heterocycles. The number of anilines is 1. The fourth-order valence-corrected chi connectivity index (χ4v) is 2.69. The molecule has 0 spiro atoms. The van der Waals surface area contributed by atoms with E-state index in [-0.39, 0.29) is 11.4 Å². The molecule has 0 aliphatic carbocycles. The number of hydrogen-bond donors (Lipinski definition) is 2. The van der Waals surface area contributed by atoms with Gasteiger partial charge in [-0.15, -0.1) is 0 Å². The van der Waals surface area contributed by atoms with Gasteiger partial charge in [-0.2, -0.15) is 0 Å². The Balaban J connectivity index is 2.02. The minimum atomic E-state index is -0.207. The predicted molar refractivity (Wildman–Crippen MR) is 77.8 cm³/mol. The van der Waals surface area contributed by atoms with Crippen LogP contribution in [0.2, 0.25) is 0 Å². The lowest BCUT2D eigenvalue weighted by Crippen LogP contribution is -2.54. The van der Waals surface area contributed by atoms with Gasteiger partial charge in [-0.05, 0) is 51.0 Å². The summed E-state index contributed by atoms with van der Waals surface area (Å²) < 4.78 is 12.9. The maximum Gasteiger partial charge on any atom is 0.123 e. The summed E-state index contributed by atoms with van der Waals surface area (Å²) in [6.07, 6.45) is 2.05. The molecule has 0 aromatic heterocycles. The molecule has 1 aliphatic heterocycles. The second-order valence-electron chi connectivity index (χ2n) is 5.75. The molecule has 1 fully saturated rings. The summed E-state index contributed by atoms with van der Waals surface area (Å²) in [4.78, 5) is 2.47. The molecule has 0 saturated carbocycles. The van der Waals surface area contributed by atoms with Gasteiger partial charge in [0.15, 0.2) is 0 Å². The Morgan fingerprint density at radius 2 is 1.84 bits per heavy atom. The zero-order valence-electron chi connectivity index (χ0n) is 11.8. The average molecular weight is 265 g/mol. The van der Waals surface area contributed by atoms with Crippen LogP contribution in [0.5, 0.6) is 0 Å². The third-order valence-corrected chi connectivity index (χ3v) is 4.13. The van der Waals surface area contributed by atoms with E-state index >= 15 is 0 Å². The molecule has 1 saturated heterocycles. The highest BCUT2D eigenvalue weighted by molar-refractivity contribution is 5.45. The molecular formula is C15H24FN3. The Morgan fingerprint density at radius 3 is 2.32 bits per heavy atom. The summed E-state index contributed by atoms with van der Waals surface area (Å²) in [6.45, 7) is 7.17. The first-order valence-electron chi connectivity index (χ1n) is 7.02. The first-order chi connectivity index (χ1) is 9.04. The van der Waals surface area contributed by atoms with Crippen molar-refractivity contribution in [3.63, 3.8) is 0 Å². The first kappa shape index (κ1) is 14.3. The van der Waals surface area contributed by atoms with E-state index in [9.17, 15) is 4.39 Å².